The van der Waals surface area contributed by atoms with E-state index in [0.29, 0.717) is 4.57 Å². The van der Waals surface area contributed by atoms with Gasteiger partial charge in [-0.3, -0.25) is 9.59 Å². The summed E-state index contributed by atoms with van der Waals surface area (Å²) in [6, 6.07) is 17.5. The molecule has 1 atom stereocenters. The molecule has 4 aromatic rings. The standard InChI is InChI=1S/C27H26N2O6/c1-16-5-9-19(10-6-16)23(20-11-7-17(2)8-12-20)18(3)34-22(30)15-29-26(31)24-25(35-27(29)32)21(33-4)13-14-28-24/h5-14,18,23H,15H2,1-4H3. The molecule has 2 heterocycles. The molecule has 1 unspecified atom stereocenters. The van der Waals surface area contributed by atoms with Gasteiger partial charge in [-0.05, 0) is 31.9 Å². The number of esters is 1. The molecule has 2 aromatic heterocycles. The fourth-order valence-electron chi connectivity index (χ4n) is 4.06. The highest BCUT2D eigenvalue weighted by atomic mass is 16.5. The lowest BCUT2D eigenvalue weighted by atomic mass is 9.86. The Labute approximate surface area is 201 Å². The quantitative estimate of drug-likeness (QED) is 0.376. The Bertz CT molecular complexity index is 1420. The second-order valence-electron chi connectivity index (χ2n) is 8.44. The van der Waals surface area contributed by atoms with Crippen LogP contribution < -0.4 is 16.1 Å². The van der Waals surface area contributed by atoms with Gasteiger partial charge in [0.15, 0.2) is 11.3 Å². The Morgan fingerprint density at radius 1 is 0.971 bits per heavy atom. The van der Waals surface area contributed by atoms with Gasteiger partial charge in [0.25, 0.3) is 5.56 Å². The number of carbonyl (C=O) groups is 1. The number of nitrogens with zero attached hydrogens (tertiary/aromatic N) is 2. The number of benzene rings is 2. The maximum atomic E-state index is 12.9. The molecule has 4 rings (SSSR count). The third kappa shape index (κ3) is 5.01. The molecule has 0 fully saturated rings. The first-order valence-corrected chi connectivity index (χ1v) is 11.2. The zero-order chi connectivity index (χ0) is 25.1. The Kier molecular flexibility index (Phi) is 6.82. The van der Waals surface area contributed by atoms with Crippen LogP contribution in [0.5, 0.6) is 5.75 Å². The number of aryl methyl sites for hydroxylation is 2. The lowest BCUT2D eigenvalue weighted by molar-refractivity contribution is -0.149. The molecular formula is C27H26N2O6. The summed E-state index contributed by atoms with van der Waals surface area (Å²) in [5.74, 6) is -1.77. The van der Waals surface area contributed by atoms with Gasteiger partial charge < -0.3 is 13.9 Å². The van der Waals surface area contributed by atoms with E-state index in [1.54, 1.807) is 6.92 Å². The van der Waals surface area contributed by atoms with Gasteiger partial charge >= 0.3 is 11.7 Å². The fourth-order valence-corrected chi connectivity index (χ4v) is 4.06. The van der Waals surface area contributed by atoms with E-state index in [0.717, 1.165) is 22.3 Å². The van der Waals surface area contributed by atoms with Crippen LogP contribution in [0.1, 0.15) is 35.1 Å². The summed E-state index contributed by atoms with van der Waals surface area (Å²) >= 11 is 0. The number of fused-ring (bicyclic) bond motifs is 1. The Morgan fingerprint density at radius 3 is 2.09 bits per heavy atom. The Morgan fingerprint density at radius 2 is 1.54 bits per heavy atom. The van der Waals surface area contributed by atoms with E-state index in [9.17, 15) is 14.4 Å². The van der Waals surface area contributed by atoms with Gasteiger partial charge in [0, 0.05) is 18.2 Å². The van der Waals surface area contributed by atoms with E-state index >= 15 is 0 Å². The summed E-state index contributed by atoms with van der Waals surface area (Å²) in [7, 11) is 1.39. The largest absolute Gasteiger partial charge is 0.493 e. The van der Waals surface area contributed by atoms with E-state index in [-0.39, 0.29) is 22.8 Å². The van der Waals surface area contributed by atoms with E-state index in [2.05, 4.69) is 4.98 Å². The van der Waals surface area contributed by atoms with Gasteiger partial charge in [0.2, 0.25) is 5.58 Å². The molecule has 8 heteroatoms. The van der Waals surface area contributed by atoms with Crippen molar-refractivity contribution in [3.8, 4) is 5.75 Å². The van der Waals surface area contributed by atoms with Gasteiger partial charge in [0.05, 0.1) is 7.11 Å². The number of hydrogen-bond acceptors (Lipinski definition) is 7. The molecule has 0 saturated carbocycles. The predicted octanol–water partition coefficient (Wildman–Crippen LogP) is 3.74. The predicted molar refractivity (Wildman–Crippen MR) is 131 cm³/mol. The average Bonchev–Trinajstić information content (AvgIpc) is 2.84. The minimum atomic E-state index is -0.993. The number of aromatic nitrogens is 2. The van der Waals surface area contributed by atoms with Gasteiger partial charge in [-0.15, -0.1) is 0 Å². The highest BCUT2D eigenvalue weighted by Gasteiger charge is 2.26. The van der Waals surface area contributed by atoms with Gasteiger partial charge in [-0.25, -0.2) is 14.3 Å². The number of carbonyl (C=O) groups excluding carboxylic acids is 1. The summed E-state index contributed by atoms with van der Waals surface area (Å²) in [6.45, 7) is 5.20. The van der Waals surface area contributed by atoms with Crippen LogP contribution in [0.2, 0.25) is 0 Å². The van der Waals surface area contributed by atoms with Crippen molar-refractivity contribution in [2.75, 3.05) is 7.11 Å². The SMILES string of the molecule is COc1ccnc2c(=O)n(CC(=O)OC(C)C(c3ccc(C)cc3)c3ccc(C)cc3)c(=O)oc12. The van der Waals surface area contributed by atoms with Crippen molar-refractivity contribution < 1.29 is 18.7 Å². The van der Waals surface area contributed by atoms with Crippen LogP contribution >= 0.6 is 0 Å². The summed E-state index contributed by atoms with van der Waals surface area (Å²) < 4.78 is 16.8. The van der Waals surface area contributed by atoms with Crippen molar-refractivity contribution in [1.29, 1.82) is 0 Å². The van der Waals surface area contributed by atoms with Gasteiger partial charge in [-0.1, -0.05) is 59.7 Å². The van der Waals surface area contributed by atoms with Gasteiger partial charge in [0.1, 0.15) is 12.6 Å². The molecule has 35 heavy (non-hydrogen) atoms. The first-order valence-electron chi connectivity index (χ1n) is 11.2. The lowest BCUT2D eigenvalue weighted by Gasteiger charge is -2.25. The van der Waals surface area contributed by atoms with Crippen molar-refractivity contribution in [2.24, 2.45) is 0 Å². The van der Waals surface area contributed by atoms with Crippen LogP contribution in [0.4, 0.5) is 0 Å². The maximum absolute atomic E-state index is 12.9. The summed E-state index contributed by atoms with van der Waals surface area (Å²) in [5, 5.41) is 0. The lowest BCUT2D eigenvalue weighted by Crippen LogP contribution is -2.37. The first kappa shape index (κ1) is 23.9. The van der Waals surface area contributed by atoms with E-state index in [1.165, 1.54) is 19.4 Å². The molecule has 0 saturated heterocycles. The molecule has 0 aliphatic carbocycles. The average molecular weight is 475 g/mol. The van der Waals surface area contributed by atoms with Crippen LogP contribution in [-0.2, 0) is 16.1 Å². The van der Waals surface area contributed by atoms with Crippen molar-refractivity contribution in [1.82, 2.24) is 9.55 Å². The van der Waals surface area contributed by atoms with Crippen LogP contribution in [0.15, 0.2) is 74.8 Å². The third-order valence-electron chi connectivity index (χ3n) is 5.89. The zero-order valence-electron chi connectivity index (χ0n) is 20.0. The minimum Gasteiger partial charge on any atom is -0.493 e. The maximum Gasteiger partial charge on any atom is 0.423 e. The number of methoxy groups -OCH3 is 1. The molecule has 0 spiro atoms. The number of ether oxygens (including phenoxy) is 2. The highest BCUT2D eigenvalue weighted by molar-refractivity contribution is 5.77. The second-order valence-corrected chi connectivity index (χ2v) is 8.44. The number of rotatable bonds is 7. The topological polar surface area (TPSA) is 101 Å². The Hall–Kier alpha value is -4.20. The molecule has 0 N–H and O–H groups in total. The molecule has 2 aromatic carbocycles. The third-order valence-corrected chi connectivity index (χ3v) is 5.89. The summed E-state index contributed by atoms with van der Waals surface area (Å²) in [5.41, 5.74) is 3.27. The normalized spacial score (nSPS) is 12.0. The molecule has 0 bridgehead atoms. The van der Waals surface area contributed by atoms with Gasteiger partial charge in [-0.2, -0.15) is 0 Å². The molecule has 0 amide bonds. The number of pyridine rings is 1. The molecular weight excluding hydrogens is 448 g/mol. The van der Waals surface area contributed by atoms with Crippen molar-refractivity contribution in [3.05, 3.63) is 104 Å². The van der Waals surface area contributed by atoms with E-state index in [1.807, 2.05) is 62.4 Å². The molecule has 0 aliphatic rings. The van der Waals surface area contributed by atoms with E-state index < -0.39 is 29.9 Å². The van der Waals surface area contributed by atoms with Crippen LogP contribution in [0.25, 0.3) is 11.1 Å². The molecule has 180 valence electrons. The summed E-state index contributed by atoms with van der Waals surface area (Å²) in [6.07, 6.45) is 0.787. The van der Waals surface area contributed by atoms with E-state index in [4.69, 9.17) is 13.9 Å². The monoisotopic (exact) mass is 474 g/mol. The van der Waals surface area contributed by atoms with Crippen molar-refractivity contribution in [3.63, 3.8) is 0 Å². The van der Waals surface area contributed by atoms with Crippen molar-refractivity contribution in [2.45, 2.75) is 39.3 Å². The Balaban J connectivity index is 1.62. The molecule has 8 nitrogen and oxygen atoms in total. The van der Waals surface area contributed by atoms with Crippen molar-refractivity contribution >= 4 is 17.1 Å². The second kappa shape index (κ2) is 9.97. The van der Waals surface area contributed by atoms with Crippen LogP contribution in [0.3, 0.4) is 0 Å². The zero-order valence-corrected chi connectivity index (χ0v) is 20.0. The molecule has 0 radical (unpaired) electrons. The van der Waals surface area contributed by atoms with Crippen LogP contribution in [-0.4, -0.2) is 28.7 Å². The van der Waals surface area contributed by atoms with Crippen LogP contribution in [0, 0.1) is 13.8 Å². The first-order chi connectivity index (χ1) is 16.8. The fraction of sp³-hybridized carbons (Fsp3) is 0.259. The highest BCUT2D eigenvalue weighted by Crippen LogP contribution is 2.30. The molecule has 0 aliphatic heterocycles. The summed E-state index contributed by atoms with van der Waals surface area (Å²) in [4.78, 5) is 42.2. The smallest absolute Gasteiger partial charge is 0.423 e. The minimum absolute atomic E-state index is 0.0678. The number of hydrogen-bond donors (Lipinski definition) is 0.